The lowest BCUT2D eigenvalue weighted by Crippen LogP contribution is -2.07. The molecule has 0 radical (unpaired) electrons. The van der Waals surface area contributed by atoms with E-state index in [0.29, 0.717) is 53.6 Å². The quantitative estimate of drug-likeness (QED) is 0.534. The normalized spacial score (nSPS) is 11.0. The molecule has 1 aromatic carbocycles. The third kappa shape index (κ3) is 3.79. The first-order valence-corrected chi connectivity index (χ1v) is 8.98. The van der Waals surface area contributed by atoms with Crippen molar-refractivity contribution in [3.8, 4) is 17.2 Å². The Morgan fingerprint density at radius 1 is 1.04 bits per heavy atom. The number of rotatable bonds is 9. The fourth-order valence-corrected chi connectivity index (χ4v) is 3.17. The van der Waals surface area contributed by atoms with Crippen LogP contribution in [0.2, 0.25) is 0 Å². The van der Waals surface area contributed by atoms with Crippen molar-refractivity contribution < 1.29 is 19.3 Å². The van der Waals surface area contributed by atoms with Gasteiger partial charge in [0.2, 0.25) is 5.75 Å². The molecule has 0 unspecified atom stereocenters. The third-order valence-corrected chi connectivity index (χ3v) is 4.52. The minimum atomic E-state index is 0.145. The molecule has 2 aromatic heterocycles. The summed E-state index contributed by atoms with van der Waals surface area (Å²) < 4.78 is 18.3. The third-order valence-electron chi connectivity index (χ3n) is 4.52. The number of ether oxygens (including phenoxy) is 3. The Balaban J connectivity index is 2.04. The molecule has 0 bridgehead atoms. The van der Waals surface area contributed by atoms with Crippen LogP contribution in [0.4, 0.5) is 5.82 Å². The van der Waals surface area contributed by atoms with Crippen molar-refractivity contribution in [3.63, 3.8) is 0 Å². The van der Waals surface area contributed by atoms with Gasteiger partial charge >= 0.3 is 0 Å². The van der Waals surface area contributed by atoms with E-state index in [1.807, 2.05) is 16.7 Å². The fourth-order valence-electron chi connectivity index (χ4n) is 3.17. The first-order chi connectivity index (χ1) is 13.6. The molecule has 0 spiro atoms. The Bertz CT molecular complexity index is 932. The summed E-state index contributed by atoms with van der Waals surface area (Å²) in [6.45, 7) is 0.819. The van der Waals surface area contributed by atoms with Crippen LogP contribution in [0, 0.1) is 0 Å². The van der Waals surface area contributed by atoms with Gasteiger partial charge in [-0.3, -0.25) is 0 Å². The number of nitrogens with zero attached hydrogens (tertiary/aromatic N) is 4. The molecule has 0 amide bonds. The number of aromatic nitrogens is 4. The summed E-state index contributed by atoms with van der Waals surface area (Å²) >= 11 is 0. The molecule has 3 aromatic rings. The zero-order chi connectivity index (χ0) is 20.1. The number of fused-ring (bicyclic) bond motifs is 1. The minimum absolute atomic E-state index is 0.145. The number of anilines is 1. The topological polar surface area (TPSA) is 118 Å². The highest BCUT2D eigenvalue weighted by molar-refractivity contribution is 5.81. The van der Waals surface area contributed by atoms with E-state index in [2.05, 4.69) is 15.0 Å². The van der Waals surface area contributed by atoms with Gasteiger partial charge in [-0.25, -0.2) is 15.0 Å². The highest BCUT2D eigenvalue weighted by atomic mass is 16.5. The summed E-state index contributed by atoms with van der Waals surface area (Å²) in [7, 11) is 4.74. The van der Waals surface area contributed by atoms with Gasteiger partial charge < -0.3 is 29.6 Å². The summed E-state index contributed by atoms with van der Waals surface area (Å²) in [5, 5.41) is 9.11. The predicted molar refractivity (Wildman–Crippen MR) is 105 cm³/mol. The van der Waals surface area contributed by atoms with Crippen LogP contribution in [0.25, 0.3) is 11.2 Å². The van der Waals surface area contributed by atoms with Crippen LogP contribution >= 0.6 is 0 Å². The van der Waals surface area contributed by atoms with Gasteiger partial charge in [-0.05, 0) is 30.5 Å². The van der Waals surface area contributed by atoms with Crippen molar-refractivity contribution in [3.05, 3.63) is 29.8 Å². The molecule has 2 heterocycles. The lowest BCUT2D eigenvalue weighted by atomic mass is 10.1. The van der Waals surface area contributed by atoms with E-state index < -0.39 is 0 Å². The van der Waals surface area contributed by atoms with Crippen molar-refractivity contribution in [2.45, 2.75) is 25.8 Å². The molecular formula is C19H25N5O4. The molecule has 0 fully saturated rings. The molecule has 0 saturated heterocycles. The van der Waals surface area contributed by atoms with Crippen LogP contribution in [0.5, 0.6) is 17.2 Å². The number of hydrogen-bond donors (Lipinski definition) is 2. The van der Waals surface area contributed by atoms with Crippen LogP contribution in [0.15, 0.2) is 18.5 Å². The van der Waals surface area contributed by atoms with Crippen LogP contribution in [0.1, 0.15) is 24.2 Å². The number of nitrogens with two attached hydrogens (primary N) is 1. The average molecular weight is 387 g/mol. The summed E-state index contributed by atoms with van der Waals surface area (Å²) in [4.78, 5) is 13.1. The van der Waals surface area contributed by atoms with Crippen molar-refractivity contribution in [2.75, 3.05) is 33.7 Å². The first-order valence-electron chi connectivity index (χ1n) is 8.98. The maximum Gasteiger partial charge on any atom is 0.203 e. The molecular weight excluding hydrogens is 362 g/mol. The van der Waals surface area contributed by atoms with Crippen LogP contribution in [-0.2, 0) is 13.0 Å². The number of benzene rings is 1. The van der Waals surface area contributed by atoms with E-state index in [1.165, 1.54) is 6.33 Å². The summed E-state index contributed by atoms with van der Waals surface area (Å²) in [5.74, 6) is 2.85. The zero-order valence-corrected chi connectivity index (χ0v) is 16.3. The second-order valence-electron chi connectivity index (χ2n) is 6.25. The molecule has 0 aliphatic carbocycles. The Morgan fingerprint density at radius 2 is 1.75 bits per heavy atom. The molecule has 9 heteroatoms. The SMILES string of the molecule is COc1cc(Cc2nc3c(N)ncnc3n2CCCCO)cc(OC)c1OC. The average Bonchev–Trinajstić information content (AvgIpc) is 3.06. The molecule has 28 heavy (non-hydrogen) atoms. The zero-order valence-electron chi connectivity index (χ0n) is 16.3. The summed E-state index contributed by atoms with van der Waals surface area (Å²) in [6, 6.07) is 3.79. The van der Waals surface area contributed by atoms with Crippen LogP contribution < -0.4 is 19.9 Å². The first kappa shape index (κ1) is 19.7. The van der Waals surface area contributed by atoms with E-state index in [0.717, 1.165) is 17.8 Å². The number of nitrogen functional groups attached to an aromatic ring is 1. The van der Waals surface area contributed by atoms with Gasteiger partial charge in [0.05, 0.1) is 21.3 Å². The molecule has 0 aliphatic heterocycles. The Hall–Kier alpha value is -3.07. The number of methoxy groups -OCH3 is 3. The number of aliphatic hydroxyl groups excluding tert-OH is 1. The van der Waals surface area contributed by atoms with Gasteiger partial charge in [0, 0.05) is 19.6 Å². The smallest absolute Gasteiger partial charge is 0.203 e. The van der Waals surface area contributed by atoms with E-state index in [1.54, 1.807) is 21.3 Å². The van der Waals surface area contributed by atoms with Gasteiger partial charge in [-0.15, -0.1) is 0 Å². The van der Waals surface area contributed by atoms with Gasteiger partial charge in [0.1, 0.15) is 12.2 Å². The lowest BCUT2D eigenvalue weighted by Gasteiger charge is -2.14. The van der Waals surface area contributed by atoms with Gasteiger partial charge in [0.25, 0.3) is 0 Å². The second-order valence-corrected chi connectivity index (χ2v) is 6.25. The maximum atomic E-state index is 9.11. The molecule has 3 N–H and O–H groups in total. The Morgan fingerprint density at radius 3 is 2.36 bits per heavy atom. The number of aryl methyl sites for hydroxylation is 1. The van der Waals surface area contributed by atoms with Crippen molar-refractivity contribution in [1.82, 2.24) is 19.5 Å². The number of unbranched alkanes of at least 4 members (excludes halogenated alkanes) is 1. The summed E-state index contributed by atoms with van der Waals surface area (Å²) in [5.41, 5.74) is 8.20. The van der Waals surface area contributed by atoms with E-state index in [4.69, 9.17) is 25.1 Å². The van der Waals surface area contributed by atoms with Crippen LogP contribution in [-0.4, -0.2) is 52.6 Å². The van der Waals surface area contributed by atoms with Crippen molar-refractivity contribution in [2.24, 2.45) is 0 Å². The lowest BCUT2D eigenvalue weighted by molar-refractivity contribution is 0.281. The molecule has 3 rings (SSSR count). The molecule has 9 nitrogen and oxygen atoms in total. The number of hydrogen-bond acceptors (Lipinski definition) is 8. The fraction of sp³-hybridized carbons (Fsp3) is 0.421. The van der Waals surface area contributed by atoms with E-state index in [-0.39, 0.29) is 6.61 Å². The van der Waals surface area contributed by atoms with Gasteiger partial charge in [-0.2, -0.15) is 0 Å². The molecule has 150 valence electrons. The largest absolute Gasteiger partial charge is 0.493 e. The molecule has 0 atom stereocenters. The van der Waals surface area contributed by atoms with E-state index in [9.17, 15) is 0 Å². The standard InChI is InChI=1S/C19H25N5O4/c1-26-13-8-12(9-14(27-2)17(13)28-3)10-15-23-16-18(20)21-11-22-19(16)24(15)6-4-5-7-25/h8-9,11,25H,4-7,10H2,1-3H3,(H2,20,21,22). The predicted octanol–water partition coefficient (Wildman–Crippen LogP) is 1.80. The van der Waals surface area contributed by atoms with Crippen LogP contribution in [0.3, 0.4) is 0 Å². The number of imidazole rings is 1. The Kier molecular flexibility index (Phi) is 6.15. The Labute approximate surface area is 163 Å². The number of aliphatic hydroxyl groups is 1. The highest BCUT2D eigenvalue weighted by Gasteiger charge is 2.18. The second kappa shape index (κ2) is 8.75. The maximum absolute atomic E-state index is 9.11. The molecule has 0 aliphatic rings. The summed E-state index contributed by atoms with van der Waals surface area (Å²) in [6.07, 6.45) is 3.45. The van der Waals surface area contributed by atoms with Crippen molar-refractivity contribution in [1.29, 1.82) is 0 Å². The van der Waals surface area contributed by atoms with Gasteiger partial charge in [-0.1, -0.05) is 0 Å². The van der Waals surface area contributed by atoms with Crippen molar-refractivity contribution >= 4 is 17.0 Å². The monoisotopic (exact) mass is 387 g/mol. The minimum Gasteiger partial charge on any atom is -0.493 e. The van der Waals surface area contributed by atoms with E-state index >= 15 is 0 Å². The highest BCUT2D eigenvalue weighted by Crippen LogP contribution is 2.38. The van der Waals surface area contributed by atoms with Gasteiger partial charge in [0.15, 0.2) is 28.5 Å². The molecule has 0 saturated carbocycles.